The van der Waals surface area contributed by atoms with Crippen LogP contribution >= 0.6 is 0 Å². The maximum atomic E-state index is 10.5. The van der Waals surface area contributed by atoms with Crippen molar-refractivity contribution in [2.75, 3.05) is 26.2 Å². The topological polar surface area (TPSA) is 61.8 Å². The lowest BCUT2D eigenvalue weighted by atomic mass is 10.3. The molecule has 1 aliphatic heterocycles. The lowest BCUT2D eigenvalue weighted by Crippen LogP contribution is -2.36. The van der Waals surface area contributed by atoms with Crippen molar-refractivity contribution >= 4 is 6.09 Å². The molecule has 0 bridgehead atoms. The summed E-state index contributed by atoms with van der Waals surface area (Å²) < 4.78 is 5.61. The summed E-state index contributed by atoms with van der Waals surface area (Å²) >= 11 is 0. The maximum absolute atomic E-state index is 10.5. The summed E-state index contributed by atoms with van der Waals surface area (Å²) in [6.45, 7) is 3.14. The van der Waals surface area contributed by atoms with Gasteiger partial charge in [-0.25, -0.2) is 4.79 Å². The molecule has 1 aromatic rings. The molecule has 2 rings (SSSR count). The van der Waals surface area contributed by atoms with Gasteiger partial charge in [0.05, 0.1) is 0 Å². The highest BCUT2D eigenvalue weighted by atomic mass is 16.5. The zero-order valence-electron chi connectivity index (χ0n) is 10.2. The third kappa shape index (κ3) is 3.92. The number of rotatable bonds is 5. The van der Waals surface area contributed by atoms with Crippen molar-refractivity contribution in [2.45, 2.75) is 12.5 Å². The van der Waals surface area contributed by atoms with Gasteiger partial charge >= 0.3 is 6.09 Å². The molecule has 1 aromatic carbocycles. The van der Waals surface area contributed by atoms with Crippen LogP contribution in [0.25, 0.3) is 0 Å². The van der Waals surface area contributed by atoms with E-state index in [1.54, 1.807) is 0 Å². The molecule has 0 radical (unpaired) electrons. The van der Waals surface area contributed by atoms with Crippen molar-refractivity contribution in [1.29, 1.82) is 0 Å². The summed E-state index contributed by atoms with van der Waals surface area (Å²) in [6.07, 6.45) is -0.0696. The van der Waals surface area contributed by atoms with Crippen molar-refractivity contribution in [3.8, 4) is 5.75 Å². The molecular formula is C13H18N2O3. The molecule has 5 nitrogen and oxygen atoms in total. The smallest absolute Gasteiger partial charge is 0.404 e. The third-order valence-electron chi connectivity index (χ3n) is 3.02. The number of amides is 1. The number of hydrogen-bond acceptors (Lipinski definition) is 3. The Balaban J connectivity index is 1.65. The van der Waals surface area contributed by atoms with Gasteiger partial charge in [-0.1, -0.05) is 18.2 Å². The zero-order chi connectivity index (χ0) is 12.8. The van der Waals surface area contributed by atoms with Gasteiger partial charge in [0.15, 0.2) is 0 Å². The summed E-state index contributed by atoms with van der Waals surface area (Å²) in [5.41, 5.74) is 0. The molecule has 1 amide bonds. The minimum atomic E-state index is -0.942. The summed E-state index contributed by atoms with van der Waals surface area (Å²) in [6, 6.07) is 9.75. The number of para-hydroxylation sites is 1. The Morgan fingerprint density at radius 1 is 1.44 bits per heavy atom. The molecule has 0 spiro atoms. The molecule has 98 valence electrons. The summed E-state index contributed by atoms with van der Waals surface area (Å²) in [4.78, 5) is 12.7. The van der Waals surface area contributed by atoms with E-state index < -0.39 is 6.09 Å². The number of benzene rings is 1. The first-order chi connectivity index (χ1) is 8.74. The van der Waals surface area contributed by atoms with E-state index >= 15 is 0 Å². The lowest BCUT2D eigenvalue weighted by molar-refractivity contribution is 0.188. The van der Waals surface area contributed by atoms with Crippen LogP contribution in [0.5, 0.6) is 5.75 Å². The van der Waals surface area contributed by atoms with Crippen LogP contribution in [0.15, 0.2) is 30.3 Å². The molecule has 1 saturated heterocycles. The minimum absolute atomic E-state index is 0.0548. The summed E-state index contributed by atoms with van der Waals surface area (Å²) in [5, 5.41) is 11.1. The Hall–Kier alpha value is -1.75. The van der Waals surface area contributed by atoms with Gasteiger partial charge in [-0.05, 0) is 18.6 Å². The number of likely N-dealkylation sites (tertiary alicyclic amines) is 1. The second-order valence-corrected chi connectivity index (χ2v) is 4.40. The highest BCUT2D eigenvalue weighted by Crippen LogP contribution is 2.11. The van der Waals surface area contributed by atoms with Gasteiger partial charge in [-0.3, -0.25) is 4.90 Å². The van der Waals surface area contributed by atoms with Crippen LogP contribution in [0.1, 0.15) is 6.42 Å². The fraction of sp³-hybridized carbons (Fsp3) is 0.462. The Labute approximate surface area is 106 Å². The van der Waals surface area contributed by atoms with E-state index in [2.05, 4.69) is 10.2 Å². The average molecular weight is 250 g/mol. The van der Waals surface area contributed by atoms with E-state index in [9.17, 15) is 4.79 Å². The van der Waals surface area contributed by atoms with E-state index in [4.69, 9.17) is 9.84 Å². The molecular weight excluding hydrogens is 232 g/mol. The molecule has 0 aromatic heterocycles. The standard InChI is InChI=1S/C13H18N2O3/c16-13(17)14-11-6-7-15(10-11)8-9-18-12-4-2-1-3-5-12/h1-5,11,14H,6-10H2,(H,16,17). The molecule has 1 heterocycles. The van der Waals surface area contributed by atoms with E-state index in [0.29, 0.717) is 6.61 Å². The highest BCUT2D eigenvalue weighted by molar-refractivity contribution is 5.64. The fourth-order valence-electron chi connectivity index (χ4n) is 2.14. The van der Waals surface area contributed by atoms with Crippen molar-refractivity contribution < 1.29 is 14.6 Å². The van der Waals surface area contributed by atoms with E-state index in [1.165, 1.54) is 0 Å². The van der Waals surface area contributed by atoms with Crippen LogP contribution in [0, 0.1) is 0 Å². The second-order valence-electron chi connectivity index (χ2n) is 4.40. The molecule has 18 heavy (non-hydrogen) atoms. The molecule has 0 saturated carbocycles. The molecule has 0 aliphatic carbocycles. The number of nitrogens with zero attached hydrogens (tertiary/aromatic N) is 1. The second kappa shape index (κ2) is 6.26. The monoisotopic (exact) mass is 250 g/mol. The predicted octanol–water partition coefficient (Wildman–Crippen LogP) is 1.41. The number of nitrogens with one attached hydrogen (secondary N) is 1. The van der Waals surface area contributed by atoms with E-state index in [0.717, 1.165) is 31.8 Å². The Morgan fingerprint density at radius 2 is 2.22 bits per heavy atom. The maximum Gasteiger partial charge on any atom is 0.404 e. The zero-order valence-corrected chi connectivity index (χ0v) is 10.2. The Kier molecular flexibility index (Phi) is 4.41. The molecule has 1 aliphatic rings. The van der Waals surface area contributed by atoms with Gasteiger partial charge in [-0.2, -0.15) is 0 Å². The molecule has 2 N–H and O–H groups in total. The fourth-order valence-corrected chi connectivity index (χ4v) is 2.14. The normalized spacial score (nSPS) is 19.7. The first kappa shape index (κ1) is 12.7. The number of ether oxygens (including phenoxy) is 1. The van der Waals surface area contributed by atoms with Crippen LogP contribution in [-0.2, 0) is 0 Å². The average Bonchev–Trinajstić information content (AvgIpc) is 2.77. The molecule has 1 fully saturated rings. The summed E-state index contributed by atoms with van der Waals surface area (Å²) in [5.74, 6) is 0.872. The van der Waals surface area contributed by atoms with Crippen LogP contribution in [0.4, 0.5) is 4.79 Å². The lowest BCUT2D eigenvalue weighted by Gasteiger charge is -2.16. The Bertz CT molecular complexity index is 383. The van der Waals surface area contributed by atoms with Gasteiger partial charge in [-0.15, -0.1) is 0 Å². The van der Waals surface area contributed by atoms with Crippen LogP contribution in [-0.4, -0.2) is 48.4 Å². The van der Waals surface area contributed by atoms with Gasteiger partial charge in [0.25, 0.3) is 0 Å². The highest BCUT2D eigenvalue weighted by Gasteiger charge is 2.23. The van der Waals surface area contributed by atoms with Gasteiger partial charge in [0.2, 0.25) is 0 Å². The predicted molar refractivity (Wildman–Crippen MR) is 67.9 cm³/mol. The van der Waals surface area contributed by atoms with Crippen LogP contribution in [0.2, 0.25) is 0 Å². The van der Waals surface area contributed by atoms with Gasteiger partial charge < -0.3 is 15.2 Å². The third-order valence-corrected chi connectivity index (χ3v) is 3.02. The van der Waals surface area contributed by atoms with Crippen molar-refractivity contribution in [1.82, 2.24) is 10.2 Å². The number of carbonyl (C=O) groups is 1. The molecule has 1 unspecified atom stereocenters. The first-order valence-corrected chi connectivity index (χ1v) is 6.14. The van der Waals surface area contributed by atoms with Crippen LogP contribution < -0.4 is 10.1 Å². The minimum Gasteiger partial charge on any atom is -0.492 e. The van der Waals surface area contributed by atoms with Crippen LogP contribution in [0.3, 0.4) is 0 Å². The van der Waals surface area contributed by atoms with Gasteiger partial charge in [0.1, 0.15) is 12.4 Å². The quantitative estimate of drug-likeness (QED) is 0.829. The molecule has 5 heteroatoms. The molecule has 1 atom stereocenters. The van der Waals surface area contributed by atoms with E-state index in [1.807, 2.05) is 30.3 Å². The largest absolute Gasteiger partial charge is 0.492 e. The van der Waals surface area contributed by atoms with Crippen molar-refractivity contribution in [3.05, 3.63) is 30.3 Å². The van der Waals surface area contributed by atoms with Crippen molar-refractivity contribution in [3.63, 3.8) is 0 Å². The SMILES string of the molecule is O=C(O)NC1CCN(CCOc2ccccc2)C1. The summed E-state index contributed by atoms with van der Waals surface area (Å²) in [7, 11) is 0. The van der Waals surface area contributed by atoms with Gasteiger partial charge in [0, 0.05) is 25.7 Å². The van der Waals surface area contributed by atoms with E-state index in [-0.39, 0.29) is 6.04 Å². The number of carboxylic acid groups (broad SMARTS) is 1. The number of hydrogen-bond donors (Lipinski definition) is 2. The first-order valence-electron chi connectivity index (χ1n) is 6.14. The van der Waals surface area contributed by atoms with Crippen molar-refractivity contribution in [2.24, 2.45) is 0 Å². The Morgan fingerprint density at radius 3 is 2.94 bits per heavy atom.